The van der Waals surface area contributed by atoms with E-state index in [2.05, 4.69) is 51.1 Å². The van der Waals surface area contributed by atoms with Crippen LogP contribution in [-0.2, 0) is 6.54 Å². The number of hydrogen-bond donors (Lipinski definition) is 1. The number of nitrogen functional groups attached to an aromatic ring is 1. The summed E-state index contributed by atoms with van der Waals surface area (Å²) in [6.07, 6.45) is 6.05. The first-order valence-corrected chi connectivity index (χ1v) is 10.7. The summed E-state index contributed by atoms with van der Waals surface area (Å²) in [4.78, 5) is 4.47. The Bertz CT molecular complexity index is 778. The predicted octanol–water partition coefficient (Wildman–Crippen LogP) is 3.32. The van der Waals surface area contributed by atoms with Crippen molar-refractivity contribution in [1.82, 2.24) is 24.3 Å². The van der Waals surface area contributed by atoms with Gasteiger partial charge in [-0.05, 0) is 34.0 Å². The molecule has 0 radical (unpaired) electrons. The third-order valence-corrected chi connectivity index (χ3v) is 5.02. The minimum absolute atomic E-state index is 0.524. The third kappa shape index (κ3) is 2.89. The van der Waals surface area contributed by atoms with Crippen molar-refractivity contribution in [2.45, 2.75) is 20.4 Å². The van der Waals surface area contributed by atoms with Gasteiger partial charge in [-0.1, -0.05) is 13.8 Å². The zero-order valence-electron chi connectivity index (χ0n) is 11.8. The number of hydrogen-bond acceptors (Lipinski definition) is 4. The second-order valence-electron chi connectivity index (χ2n) is 5.31. The SMILES string of the molecule is CC(C)Cn1ncc2cnc(-c3nn(PI)cc3N)cc21. The molecule has 0 saturated heterocycles. The highest BCUT2D eigenvalue weighted by molar-refractivity contribution is 14.2. The molecule has 0 bridgehead atoms. The normalized spacial score (nSPS) is 12.2. The lowest BCUT2D eigenvalue weighted by Crippen LogP contribution is -2.05. The summed E-state index contributed by atoms with van der Waals surface area (Å²) in [6, 6.07) is 2.02. The van der Waals surface area contributed by atoms with E-state index in [9.17, 15) is 0 Å². The van der Waals surface area contributed by atoms with Gasteiger partial charge in [-0.3, -0.25) is 9.67 Å². The highest BCUT2D eigenvalue weighted by atomic mass is 127. The maximum Gasteiger partial charge on any atom is 0.134 e. The summed E-state index contributed by atoms with van der Waals surface area (Å²) in [5.41, 5.74) is 9.29. The molecule has 0 amide bonds. The van der Waals surface area contributed by atoms with Crippen LogP contribution in [0.1, 0.15) is 13.8 Å². The Labute approximate surface area is 137 Å². The third-order valence-electron chi connectivity index (χ3n) is 3.14. The molecule has 0 aliphatic heterocycles. The first kappa shape index (κ1) is 14.7. The Balaban J connectivity index is 2.08. The minimum atomic E-state index is 0.524. The number of fused-ring (bicyclic) bond motifs is 1. The van der Waals surface area contributed by atoms with Crippen LogP contribution in [0.4, 0.5) is 5.69 Å². The molecule has 2 N–H and O–H groups in total. The van der Waals surface area contributed by atoms with E-state index < -0.39 is 0 Å². The molecule has 0 spiro atoms. The number of rotatable bonds is 4. The van der Waals surface area contributed by atoms with Crippen LogP contribution in [0.5, 0.6) is 0 Å². The smallest absolute Gasteiger partial charge is 0.134 e. The molecule has 6 nitrogen and oxygen atoms in total. The molecule has 3 aromatic heterocycles. The van der Waals surface area contributed by atoms with E-state index in [-0.39, 0.29) is 0 Å². The van der Waals surface area contributed by atoms with Gasteiger partial charge >= 0.3 is 0 Å². The molecule has 110 valence electrons. The van der Waals surface area contributed by atoms with Gasteiger partial charge in [0, 0.05) is 18.1 Å². The van der Waals surface area contributed by atoms with Gasteiger partial charge < -0.3 is 5.73 Å². The molecule has 21 heavy (non-hydrogen) atoms. The summed E-state index contributed by atoms with van der Waals surface area (Å²) in [7, 11) is 0. The maximum atomic E-state index is 6.04. The molecule has 3 heterocycles. The number of pyridine rings is 1. The number of nitrogens with two attached hydrogens (primary N) is 1. The van der Waals surface area contributed by atoms with Crippen molar-refractivity contribution < 1.29 is 0 Å². The minimum Gasteiger partial charge on any atom is -0.396 e. The molecule has 0 aromatic carbocycles. The highest BCUT2D eigenvalue weighted by Gasteiger charge is 2.12. The summed E-state index contributed by atoms with van der Waals surface area (Å²) in [5, 5.41) is 9.95. The number of halogens is 1. The molecule has 3 rings (SSSR count). The molecule has 1 unspecified atom stereocenters. The van der Waals surface area contributed by atoms with E-state index in [1.54, 1.807) is 0 Å². The van der Waals surface area contributed by atoms with Gasteiger partial charge in [-0.2, -0.15) is 10.2 Å². The first-order chi connectivity index (χ1) is 10.1. The van der Waals surface area contributed by atoms with E-state index in [0.29, 0.717) is 18.0 Å². The van der Waals surface area contributed by atoms with Crippen molar-refractivity contribution in [2.24, 2.45) is 5.92 Å². The maximum absolute atomic E-state index is 6.04. The highest BCUT2D eigenvalue weighted by Crippen LogP contribution is 2.30. The Hall–Kier alpha value is -1.21. The fraction of sp³-hybridized carbons (Fsp3) is 0.308. The lowest BCUT2D eigenvalue weighted by atomic mass is 10.2. The lowest BCUT2D eigenvalue weighted by molar-refractivity contribution is 0.495. The molecule has 3 aromatic rings. The van der Waals surface area contributed by atoms with Crippen LogP contribution < -0.4 is 5.73 Å². The summed E-state index contributed by atoms with van der Waals surface area (Å²) >= 11 is 2.27. The summed E-state index contributed by atoms with van der Waals surface area (Å²) in [6.45, 7) is 5.24. The van der Waals surface area contributed by atoms with Crippen LogP contribution in [0.15, 0.2) is 24.7 Å². The van der Waals surface area contributed by atoms with Crippen LogP contribution in [0.3, 0.4) is 0 Å². The van der Waals surface area contributed by atoms with E-state index in [1.165, 1.54) is 0 Å². The van der Waals surface area contributed by atoms with E-state index in [4.69, 9.17) is 5.73 Å². The van der Waals surface area contributed by atoms with Crippen molar-refractivity contribution in [1.29, 1.82) is 0 Å². The van der Waals surface area contributed by atoms with Crippen molar-refractivity contribution in [3.05, 3.63) is 24.7 Å². The van der Waals surface area contributed by atoms with Crippen LogP contribution in [-0.4, -0.2) is 24.3 Å². The largest absolute Gasteiger partial charge is 0.396 e. The monoisotopic (exact) mass is 414 g/mol. The average Bonchev–Trinajstić information content (AvgIpc) is 3.02. The van der Waals surface area contributed by atoms with Gasteiger partial charge in [0.2, 0.25) is 0 Å². The Morgan fingerprint density at radius 3 is 2.86 bits per heavy atom. The predicted molar refractivity (Wildman–Crippen MR) is 95.7 cm³/mol. The number of anilines is 1. The fourth-order valence-electron chi connectivity index (χ4n) is 2.22. The second-order valence-corrected chi connectivity index (χ2v) is 7.39. The molecule has 0 aliphatic rings. The summed E-state index contributed by atoms with van der Waals surface area (Å²) < 4.78 is 3.85. The van der Waals surface area contributed by atoms with Crippen LogP contribution in [0, 0.1) is 5.92 Å². The molecule has 0 saturated carbocycles. The average molecular weight is 414 g/mol. The zero-order chi connectivity index (χ0) is 15.0. The topological polar surface area (TPSA) is 74.5 Å². The van der Waals surface area contributed by atoms with Crippen molar-refractivity contribution >= 4 is 45.0 Å². The van der Waals surface area contributed by atoms with Gasteiger partial charge in [0.1, 0.15) is 5.69 Å². The second kappa shape index (κ2) is 5.88. The Kier molecular flexibility index (Phi) is 4.12. The van der Waals surface area contributed by atoms with Gasteiger partial charge in [-0.25, -0.2) is 4.45 Å². The zero-order valence-corrected chi connectivity index (χ0v) is 14.9. The van der Waals surface area contributed by atoms with Crippen molar-refractivity contribution in [3.63, 3.8) is 0 Å². The molecular formula is C13H16IN6P. The first-order valence-electron chi connectivity index (χ1n) is 6.62. The van der Waals surface area contributed by atoms with Crippen LogP contribution in [0.25, 0.3) is 22.3 Å². The van der Waals surface area contributed by atoms with Crippen LogP contribution >= 0.6 is 28.4 Å². The molecule has 0 aliphatic carbocycles. The van der Waals surface area contributed by atoms with Crippen molar-refractivity contribution in [3.8, 4) is 11.4 Å². The molecule has 1 atom stereocenters. The van der Waals surface area contributed by atoms with Gasteiger partial charge in [0.05, 0.1) is 35.7 Å². The molecular weight excluding hydrogens is 398 g/mol. The molecule has 8 heteroatoms. The Morgan fingerprint density at radius 2 is 2.19 bits per heavy atom. The van der Waals surface area contributed by atoms with E-state index >= 15 is 0 Å². The molecule has 0 fully saturated rings. The summed E-state index contributed by atoms with van der Waals surface area (Å²) in [5.74, 6) is 0.536. The van der Waals surface area contributed by atoms with E-state index in [0.717, 1.165) is 28.8 Å². The quantitative estimate of drug-likeness (QED) is 0.525. The number of aromatic nitrogens is 5. The van der Waals surface area contributed by atoms with E-state index in [1.807, 2.05) is 33.8 Å². The lowest BCUT2D eigenvalue weighted by Gasteiger charge is -2.07. The van der Waals surface area contributed by atoms with Crippen LogP contribution in [0.2, 0.25) is 0 Å². The van der Waals surface area contributed by atoms with Gasteiger partial charge in [0.15, 0.2) is 0 Å². The van der Waals surface area contributed by atoms with Gasteiger partial charge in [0.25, 0.3) is 0 Å². The Morgan fingerprint density at radius 1 is 1.38 bits per heavy atom. The van der Waals surface area contributed by atoms with Gasteiger partial charge in [-0.15, -0.1) is 0 Å². The standard InChI is InChI=1S/C13H16IN6P/c1-8(2)6-19-12-3-11(16-4-9(12)5-17-19)13-10(15)7-20(18-13)21-14/h3-5,7-8,21H,6,15H2,1-2H3. The fourth-order valence-corrected chi connectivity index (χ4v) is 3.29. The van der Waals surface area contributed by atoms with Crippen molar-refractivity contribution in [2.75, 3.05) is 5.73 Å². The number of nitrogens with zero attached hydrogens (tertiary/aromatic N) is 5.